The van der Waals surface area contributed by atoms with Crippen LogP contribution in [0.1, 0.15) is 5.56 Å². The van der Waals surface area contributed by atoms with E-state index < -0.39 is 17.4 Å². The molecule has 0 bridgehead atoms. The molecule has 0 radical (unpaired) electrons. The lowest BCUT2D eigenvalue weighted by Crippen LogP contribution is -2.38. The van der Waals surface area contributed by atoms with Crippen molar-refractivity contribution in [2.45, 2.75) is 6.42 Å². The Labute approximate surface area is 137 Å². The van der Waals surface area contributed by atoms with Gasteiger partial charge in [0.1, 0.15) is 6.54 Å². The Kier molecular flexibility index (Phi) is 5.48. The van der Waals surface area contributed by atoms with Gasteiger partial charge in [-0.05, 0) is 11.6 Å². The molecule has 0 unspecified atom stereocenters. The molecular formula is C15H17N3O6. The molecule has 1 aromatic carbocycles. The van der Waals surface area contributed by atoms with Gasteiger partial charge in [0.15, 0.2) is 0 Å². The van der Waals surface area contributed by atoms with E-state index in [-0.39, 0.29) is 31.2 Å². The summed E-state index contributed by atoms with van der Waals surface area (Å²) in [5.74, 6) is -1.50. The average molecular weight is 335 g/mol. The minimum absolute atomic E-state index is 0.0574. The average Bonchev–Trinajstić information content (AvgIpc) is 2.93. The fourth-order valence-corrected chi connectivity index (χ4v) is 2.36. The molecule has 128 valence electrons. The summed E-state index contributed by atoms with van der Waals surface area (Å²) < 4.78 is 4.88. The summed E-state index contributed by atoms with van der Waals surface area (Å²) >= 11 is 0. The zero-order chi connectivity index (χ0) is 17.7. The first-order valence-corrected chi connectivity index (χ1v) is 7.15. The second kappa shape index (κ2) is 7.55. The van der Waals surface area contributed by atoms with Gasteiger partial charge in [-0.3, -0.25) is 19.7 Å². The van der Waals surface area contributed by atoms with Crippen molar-refractivity contribution in [2.24, 2.45) is 0 Å². The summed E-state index contributed by atoms with van der Waals surface area (Å²) in [5, 5.41) is 20.4. The molecule has 0 fully saturated rings. The molecule has 2 N–H and O–H groups in total. The predicted octanol–water partition coefficient (Wildman–Crippen LogP) is 1.18. The number of carbonyl (C=O) groups excluding carboxylic acids is 1. The van der Waals surface area contributed by atoms with E-state index in [4.69, 9.17) is 9.84 Å². The van der Waals surface area contributed by atoms with Gasteiger partial charge in [-0.25, -0.2) is 0 Å². The smallest absolute Gasteiger partial charge is 0.323 e. The second-order valence-corrected chi connectivity index (χ2v) is 5.18. The fourth-order valence-electron chi connectivity index (χ4n) is 2.36. The molecule has 0 aliphatic heterocycles. The Bertz CT molecular complexity index is 770. The third kappa shape index (κ3) is 4.07. The molecule has 0 saturated carbocycles. The quantitative estimate of drug-likeness (QED) is 0.551. The molecule has 1 aromatic heterocycles. The van der Waals surface area contributed by atoms with Gasteiger partial charge < -0.3 is 19.7 Å². The molecule has 0 aliphatic rings. The van der Waals surface area contributed by atoms with Crippen LogP contribution >= 0.6 is 0 Å². The molecule has 24 heavy (non-hydrogen) atoms. The van der Waals surface area contributed by atoms with Crippen LogP contribution < -0.4 is 0 Å². The Morgan fingerprint density at radius 2 is 2.17 bits per heavy atom. The maximum Gasteiger partial charge on any atom is 0.323 e. The Morgan fingerprint density at radius 1 is 1.42 bits per heavy atom. The number of hydrogen-bond donors (Lipinski definition) is 2. The number of rotatable bonds is 8. The van der Waals surface area contributed by atoms with Crippen LogP contribution in [-0.4, -0.2) is 58.6 Å². The molecule has 0 saturated heterocycles. The van der Waals surface area contributed by atoms with Gasteiger partial charge in [0.2, 0.25) is 5.91 Å². The number of benzene rings is 1. The van der Waals surface area contributed by atoms with Gasteiger partial charge >= 0.3 is 5.97 Å². The number of ether oxygens (including phenoxy) is 1. The van der Waals surface area contributed by atoms with Crippen LogP contribution in [0.4, 0.5) is 5.69 Å². The van der Waals surface area contributed by atoms with E-state index in [9.17, 15) is 19.7 Å². The number of amides is 1. The molecule has 1 amide bonds. The zero-order valence-corrected chi connectivity index (χ0v) is 13.0. The number of aliphatic carboxylic acids is 1. The lowest BCUT2D eigenvalue weighted by Gasteiger charge is -2.20. The summed E-state index contributed by atoms with van der Waals surface area (Å²) in [6, 6.07) is 4.34. The maximum atomic E-state index is 12.4. The van der Waals surface area contributed by atoms with Crippen molar-refractivity contribution in [3.8, 4) is 0 Å². The van der Waals surface area contributed by atoms with Crippen LogP contribution in [0.25, 0.3) is 10.9 Å². The SMILES string of the molecule is COCCN(CC(=O)O)C(=O)Cc1c[nH]c2ccc([N+](=O)[O-])cc12. The van der Waals surface area contributed by atoms with Crippen LogP contribution in [-0.2, 0) is 20.7 Å². The van der Waals surface area contributed by atoms with E-state index in [0.717, 1.165) is 0 Å². The zero-order valence-electron chi connectivity index (χ0n) is 13.0. The summed E-state index contributed by atoms with van der Waals surface area (Å²) in [7, 11) is 1.46. The van der Waals surface area contributed by atoms with Gasteiger partial charge in [0.25, 0.3) is 5.69 Å². The van der Waals surface area contributed by atoms with Gasteiger partial charge in [0, 0.05) is 42.9 Å². The number of nitrogens with zero attached hydrogens (tertiary/aromatic N) is 2. The van der Waals surface area contributed by atoms with Crippen molar-refractivity contribution in [1.82, 2.24) is 9.88 Å². The number of nitrogens with one attached hydrogen (secondary N) is 1. The highest BCUT2D eigenvalue weighted by molar-refractivity contribution is 5.91. The largest absolute Gasteiger partial charge is 0.480 e. The Balaban J connectivity index is 2.23. The standard InChI is InChI=1S/C15H17N3O6/c1-24-5-4-17(9-15(20)21)14(19)6-10-8-16-13-3-2-11(18(22)23)7-12(10)13/h2-3,7-8,16H,4-6,9H2,1H3,(H,20,21). The first kappa shape index (κ1) is 17.4. The van der Waals surface area contributed by atoms with Crippen LogP contribution in [0, 0.1) is 10.1 Å². The number of hydrogen-bond acceptors (Lipinski definition) is 5. The number of nitro groups is 1. The van der Waals surface area contributed by atoms with Crippen molar-refractivity contribution in [2.75, 3.05) is 26.8 Å². The highest BCUT2D eigenvalue weighted by Crippen LogP contribution is 2.24. The lowest BCUT2D eigenvalue weighted by atomic mass is 10.1. The number of aromatic nitrogens is 1. The molecular weight excluding hydrogens is 318 g/mol. The summed E-state index contributed by atoms with van der Waals surface area (Å²) in [6.45, 7) is -0.0484. The topological polar surface area (TPSA) is 126 Å². The first-order valence-electron chi connectivity index (χ1n) is 7.15. The number of nitro benzene ring substituents is 1. The molecule has 2 aromatic rings. The molecule has 0 spiro atoms. The summed E-state index contributed by atoms with van der Waals surface area (Å²) in [4.78, 5) is 37.8. The molecule has 2 rings (SSSR count). The van der Waals surface area contributed by atoms with Crippen molar-refractivity contribution < 1.29 is 24.4 Å². The lowest BCUT2D eigenvalue weighted by molar-refractivity contribution is -0.384. The van der Waals surface area contributed by atoms with Crippen LogP contribution in [0.2, 0.25) is 0 Å². The maximum absolute atomic E-state index is 12.4. The van der Waals surface area contributed by atoms with Gasteiger partial charge in [-0.1, -0.05) is 0 Å². The fraction of sp³-hybridized carbons (Fsp3) is 0.333. The number of carbonyl (C=O) groups is 2. The van der Waals surface area contributed by atoms with Crippen LogP contribution in [0.5, 0.6) is 0 Å². The third-order valence-electron chi connectivity index (χ3n) is 3.55. The number of carboxylic acid groups (broad SMARTS) is 1. The highest BCUT2D eigenvalue weighted by Gasteiger charge is 2.19. The second-order valence-electron chi connectivity index (χ2n) is 5.18. The van der Waals surface area contributed by atoms with E-state index in [1.807, 2.05) is 0 Å². The predicted molar refractivity (Wildman–Crippen MR) is 84.7 cm³/mol. The van der Waals surface area contributed by atoms with E-state index >= 15 is 0 Å². The number of fused-ring (bicyclic) bond motifs is 1. The number of methoxy groups -OCH3 is 1. The Hall–Kier alpha value is -2.94. The van der Waals surface area contributed by atoms with Crippen molar-refractivity contribution in [1.29, 1.82) is 0 Å². The summed E-state index contributed by atoms with van der Waals surface area (Å²) in [6.07, 6.45) is 1.54. The number of aromatic amines is 1. The van der Waals surface area contributed by atoms with Crippen molar-refractivity contribution >= 4 is 28.5 Å². The van der Waals surface area contributed by atoms with Crippen LogP contribution in [0.3, 0.4) is 0 Å². The molecule has 9 nitrogen and oxygen atoms in total. The molecule has 9 heteroatoms. The summed E-state index contributed by atoms with van der Waals surface area (Å²) in [5.41, 5.74) is 1.18. The third-order valence-corrected chi connectivity index (χ3v) is 3.55. The molecule has 0 atom stereocenters. The van der Waals surface area contributed by atoms with E-state index in [2.05, 4.69) is 4.98 Å². The molecule has 1 heterocycles. The van der Waals surface area contributed by atoms with E-state index in [0.29, 0.717) is 16.5 Å². The number of H-pyrrole nitrogens is 1. The van der Waals surface area contributed by atoms with Gasteiger partial charge in [-0.2, -0.15) is 0 Å². The number of carboxylic acids is 1. The highest BCUT2D eigenvalue weighted by atomic mass is 16.6. The first-order chi connectivity index (χ1) is 11.4. The van der Waals surface area contributed by atoms with Crippen molar-refractivity contribution in [3.63, 3.8) is 0 Å². The Morgan fingerprint density at radius 3 is 2.79 bits per heavy atom. The minimum Gasteiger partial charge on any atom is -0.480 e. The van der Waals surface area contributed by atoms with E-state index in [1.54, 1.807) is 12.3 Å². The monoisotopic (exact) mass is 335 g/mol. The molecule has 0 aliphatic carbocycles. The van der Waals surface area contributed by atoms with Crippen molar-refractivity contribution in [3.05, 3.63) is 40.1 Å². The minimum atomic E-state index is -1.12. The normalized spacial score (nSPS) is 10.7. The van der Waals surface area contributed by atoms with Gasteiger partial charge in [0.05, 0.1) is 18.0 Å². The van der Waals surface area contributed by atoms with Gasteiger partial charge in [-0.15, -0.1) is 0 Å². The van der Waals surface area contributed by atoms with E-state index in [1.165, 1.54) is 24.1 Å². The number of non-ortho nitro benzene ring substituents is 1. The van der Waals surface area contributed by atoms with Crippen LogP contribution in [0.15, 0.2) is 24.4 Å².